The van der Waals surface area contributed by atoms with E-state index in [4.69, 9.17) is 9.72 Å². The van der Waals surface area contributed by atoms with E-state index >= 15 is 0 Å². The topological polar surface area (TPSA) is 210 Å². The second kappa shape index (κ2) is 20.2. The standard InChI is InChI=1S/C54H70N8O9/c1-9-45(64)60-23-19-53(69,31-60)50(67)59(8)46(33(3)4)48(65)56-43-26-34-24-38(27-39(63)25-34)36-13-15-44-40(28-36)41(29-52(5,6)32-71-51(68)54(70)18-11-20-62(57-54)49(43)66)47(61(44)10-2)37-12-14-42(55-30-37)35-16-21-58(7)22-17-35/h9,12-15,24-25,27-28,30,33,35,43,46,57,63,69-70H,1,10-11,16-23,26,29,31-32H2,2-8H3,(H,56,65)/t43-,46-,53?,54-/m0/s1. The number of likely N-dealkylation sites (N-methyl/N-ethyl adjacent to an activating group) is 1. The summed E-state index contributed by atoms with van der Waals surface area (Å²) in [6.07, 6.45) is 5.64. The largest absolute Gasteiger partial charge is 0.508 e. The van der Waals surface area contributed by atoms with E-state index in [0.29, 0.717) is 30.0 Å². The molecule has 2 aromatic heterocycles. The zero-order valence-electron chi connectivity index (χ0n) is 42.2. The minimum atomic E-state index is -2.29. The molecule has 0 saturated carbocycles. The molecule has 17 heteroatoms. The van der Waals surface area contributed by atoms with E-state index in [1.165, 1.54) is 18.0 Å². The number of aliphatic hydroxyl groups is 2. The van der Waals surface area contributed by atoms with Crippen LogP contribution in [0, 0.1) is 11.3 Å². The van der Waals surface area contributed by atoms with Crippen molar-refractivity contribution in [3.05, 3.63) is 84.2 Å². The molecular weight excluding hydrogens is 905 g/mol. The van der Waals surface area contributed by atoms with Gasteiger partial charge in [-0.2, -0.15) is 5.43 Å². The first-order valence-electron chi connectivity index (χ1n) is 25.0. The number of cyclic esters (lactones) is 1. The Hall–Kier alpha value is -6.14. The molecule has 4 aromatic rings. The number of amides is 4. The summed E-state index contributed by atoms with van der Waals surface area (Å²) in [6.45, 7) is 15.7. The van der Waals surface area contributed by atoms with Crippen molar-refractivity contribution in [3.63, 3.8) is 0 Å². The number of aromatic hydroxyl groups is 1. The van der Waals surface area contributed by atoms with Crippen LogP contribution >= 0.6 is 0 Å². The van der Waals surface area contributed by atoms with Gasteiger partial charge in [0.2, 0.25) is 17.5 Å². The van der Waals surface area contributed by atoms with Gasteiger partial charge in [0, 0.05) is 85.6 Å². The summed E-state index contributed by atoms with van der Waals surface area (Å²) in [5, 5.41) is 39.7. The molecule has 4 aliphatic rings. The highest BCUT2D eigenvalue weighted by molar-refractivity contribution is 5.97. The Kier molecular flexibility index (Phi) is 14.5. The number of carbonyl (C=O) groups excluding carboxylic acids is 5. The number of nitrogens with one attached hydrogen (secondary N) is 2. The number of ether oxygens (including phenoxy) is 1. The predicted molar refractivity (Wildman–Crippen MR) is 268 cm³/mol. The van der Waals surface area contributed by atoms with Gasteiger partial charge < -0.3 is 44.6 Å². The van der Waals surface area contributed by atoms with Crippen LogP contribution in [0.15, 0.2) is 67.4 Å². The third kappa shape index (κ3) is 10.5. The summed E-state index contributed by atoms with van der Waals surface area (Å²) in [7, 11) is 3.55. The number of hydrogen-bond donors (Lipinski definition) is 5. The Labute approximate surface area is 415 Å². The predicted octanol–water partition coefficient (Wildman–Crippen LogP) is 4.51. The fourth-order valence-electron chi connectivity index (χ4n) is 11.1. The number of rotatable bonds is 9. The van der Waals surface area contributed by atoms with Crippen LogP contribution in [0.1, 0.15) is 89.5 Å². The SMILES string of the molecule is C=CC(=O)N1CCC(O)(C(=O)N(C)[C@H](C(=O)N[C@H]2Cc3cc(O)cc(c3)-c3ccc4c(c3)c(c(-c3ccc(C5CCN(C)CC5)nc3)n4CC)CC(C)(C)COC(=O)[C@@]3(O)CCCN(N3)C2=O)C(C)C)C1. The van der Waals surface area contributed by atoms with Gasteiger partial charge in [-0.05, 0) is 123 Å². The second-order valence-electron chi connectivity index (χ2n) is 21.3. The van der Waals surface area contributed by atoms with Crippen LogP contribution in [0.2, 0.25) is 0 Å². The highest BCUT2D eigenvalue weighted by atomic mass is 16.6. The van der Waals surface area contributed by atoms with Crippen LogP contribution in [0.4, 0.5) is 0 Å². The maximum Gasteiger partial charge on any atom is 0.355 e. The Morgan fingerprint density at radius 1 is 1.00 bits per heavy atom. The Morgan fingerprint density at radius 3 is 2.41 bits per heavy atom. The molecule has 0 aliphatic carbocycles. The summed E-state index contributed by atoms with van der Waals surface area (Å²) in [4.78, 5) is 79.6. The van der Waals surface area contributed by atoms with E-state index in [2.05, 4.69) is 65.0 Å². The van der Waals surface area contributed by atoms with Gasteiger partial charge in [0.05, 0.1) is 18.8 Å². The number of aromatic nitrogens is 2. The molecule has 3 saturated heterocycles. The third-order valence-electron chi connectivity index (χ3n) is 14.9. The van der Waals surface area contributed by atoms with E-state index in [9.17, 15) is 39.3 Å². The average molecular weight is 975 g/mol. The quantitative estimate of drug-likeness (QED) is 0.116. The van der Waals surface area contributed by atoms with E-state index in [0.717, 1.165) is 80.9 Å². The summed E-state index contributed by atoms with van der Waals surface area (Å²) < 4.78 is 8.25. The summed E-state index contributed by atoms with van der Waals surface area (Å²) in [5.74, 6) is -3.73. The number of nitrogens with zero attached hydrogens (tertiary/aromatic N) is 6. The van der Waals surface area contributed by atoms with Crippen molar-refractivity contribution >= 4 is 40.5 Å². The molecule has 4 amide bonds. The molecule has 2 aromatic carbocycles. The molecule has 17 nitrogen and oxygen atoms in total. The van der Waals surface area contributed by atoms with Crippen LogP contribution in [-0.4, -0.2) is 151 Å². The molecule has 0 radical (unpaired) electrons. The molecular formula is C54H70N8O9. The Morgan fingerprint density at radius 2 is 1.73 bits per heavy atom. The lowest BCUT2D eigenvalue weighted by Crippen LogP contribution is -2.67. The number of carbonyl (C=O) groups is 5. The first kappa shape index (κ1) is 51.2. The first-order chi connectivity index (χ1) is 33.6. The van der Waals surface area contributed by atoms with Gasteiger partial charge in [-0.15, -0.1) is 0 Å². The maximum absolute atomic E-state index is 14.8. The number of aryl methyl sites for hydroxylation is 1. The number of likely N-dealkylation sites (tertiary alicyclic amines) is 2. The molecule has 3 fully saturated rings. The zero-order chi connectivity index (χ0) is 51.2. The van der Waals surface area contributed by atoms with Gasteiger partial charge in [-0.1, -0.05) is 46.4 Å². The molecule has 0 spiro atoms. The maximum atomic E-state index is 14.8. The van der Waals surface area contributed by atoms with Crippen molar-refractivity contribution in [1.82, 2.24) is 40.0 Å². The lowest BCUT2D eigenvalue weighted by Gasteiger charge is -2.40. The molecule has 1 unspecified atom stereocenters. The van der Waals surface area contributed by atoms with E-state index in [1.54, 1.807) is 19.9 Å². The molecule has 4 atom stereocenters. The van der Waals surface area contributed by atoms with Gasteiger partial charge in [-0.25, -0.2) is 4.79 Å². The molecule has 4 aliphatic heterocycles. The Bertz CT molecular complexity index is 2710. The van der Waals surface area contributed by atoms with E-state index < -0.39 is 64.3 Å². The lowest BCUT2D eigenvalue weighted by molar-refractivity contribution is -0.189. The van der Waals surface area contributed by atoms with Gasteiger partial charge in [0.15, 0.2) is 5.60 Å². The lowest BCUT2D eigenvalue weighted by atomic mass is 9.84. The van der Waals surface area contributed by atoms with Crippen molar-refractivity contribution in [2.75, 3.05) is 53.4 Å². The number of β-amino-alcohol motifs (C(OH)–C–C–N with tert-alkyl or cyclic N) is 1. The van der Waals surface area contributed by atoms with Gasteiger partial charge in [0.25, 0.3) is 11.8 Å². The summed E-state index contributed by atoms with van der Waals surface area (Å²) in [5.41, 5.74) is 4.85. The molecule has 6 bridgehead atoms. The highest BCUT2D eigenvalue weighted by Gasteiger charge is 2.49. The van der Waals surface area contributed by atoms with Crippen molar-refractivity contribution < 1.29 is 44.0 Å². The number of phenolic OH excluding ortho intramolecular Hbond substituents is 1. The number of fused-ring (bicyclic) bond motifs is 6. The van der Waals surface area contributed by atoms with Crippen molar-refractivity contribution in [2.45, 2.75) is 115 Å². The minimum Gasteiger partial charge on any atom is -0.508 e. The molecule has 8 rings (SSSR count). The minimum absolute atomic E-state index is 0.0451. The molecule has 5 N–H and O–H groups in total. The molecule has 71 heavy (non-hydrogen) atoms. The smallest absolute Gasteiger partial charge is 0.355 e. The first-order valence-corrected chi connectivity index (χ1v) is 25.0. The van der Waals surface area contributed by atoms with Crippen LogP contribution in [-0.2, 0) is 48.1 Å². The highest BCUT2D eigenvalue weighted by Crippen LogP contribution is 2.41. The number of pyridine rings is 1. The second-order valence-corrected chi connectivity index (χ2v) is 21.3. The summed E-state index contributed by atoms with van der Waals surface area (Å²) >= 11 is 0. The third-order valence-corrected chi connectivity index (χ3v) is 14.9. The summed E-state index contributed by atoms with van der Waals surface area (Å²) in [6, 6.07) is 13.0. The number of hydrogen-bond acceptors (Lipinski definition) is 12. The number of piperidine rings is 1. The fraction of sp³-hybridized carbons (Fsp3) is 0.519. The van der Waals surface area contributed by atoms with Gasteiger partial charge >= 0.3 is 5.97 Å². The van der Waals surface area contributed by atoms with Crippen molar-refractivity contribution in [1.29, 1.82) is 0 Å². The average Bonchev–Trinajstić information content (AvgIpc) is 3.89. The van der Waals surface area contributed by atoms with Crippen LogP contribution in [0.3, 0.4) is 0 Å². The van der Waals surface area contributed by atoms with Crippen LogP contribution in [0.25, 0.3) is 33.3 Å². The van der Waals surface area contributed by atoms with E-state index in [1.807, 2.05) is 32.2 Å². The number of phenols is 1. The normalized spacial score (nSPS) is 23.8. The number of hydrazine groups is 1. The zero-order valence-corrected chi connectivity index (χ0v) is 42.2. The van der Waals surface area contributed by atoms with Gasteiger partial charge in [-0.3, -0.25) is 29.2 Å². The van der Waals surface area contributed by atoms with Gasteiger partial charge in [0.1, 0.15) is 17.8 Å². The van der Waals surface area contributed by atoms with Crippen LogP contribution in [0.5, 0.6) is 5.75 Å². The van der Waals surface area contributed by atoms with E-state index in [-0.39, 0.29) is 57.7 Å². The fourth-order valence-corrected chi connectivity index (χ4v) is 11.1. The van der Waals surface area contributed by atoms with Crippen LogP contribution < -0.4 is 10.7 Å². The monoisotopic (exact) mass is 975 g/mol. The Balaban J connectivity index is 1.19. The van der Waals surface area contributed by atoms with Crippen molar-refractivity contribution in [3.8, 4) is 28.1 Å². The molecule has 380 valence electrons. The number of benzene rings is 2. The number of esters is 1. The molecule has 6 heterocycles. The van der Waals surface area contributed by atoms with Crippen molar-refractivity contribution in [2.24, 2.45) is 11.3 Å².